The second-order valence-corrected chi connectivity index (χ2v) is 4.02. The zero-order valence-corrected chi connectivity index (χ0v) is 10.7. The molecule has 0 unspecified atom stereocenters. The zero-order valence-electron chi connectivity index (χ0n) is 10.7. The fraction of sp³-hybridized carbons (Fsp3) is 0. The second-order valence-electron chi connectivity index (χ2n) is 4.02. The Balaban J connectivity index is 1.98. The minimum absolute atomic E-state index is 0.0000940. The second kappa shape index (κ2) is 6.24. The molecule has 0 spiro atoms. The Morgan fingerprint density at radius 1 is 0.857 bits per heavy atom. The van der Waals surface area contributed by atoms with Gasteiger partial charge in [0, 0.05) is 24.3 Å². The maximum absolute atomic E-state index is 10.5. The van der Waals surface area contributed by atoms with Crippen LogP contribution in [0.15, 0.2) is 53.6 Å². The lowest BCUT2D eigenvalue weighted by Crippen LogP contribution is -1.92. The van der Waals surface area contributed by atoms with Gasteiger partial charge < -0.3 is 0 Å². The van der Waals surface area contributed by atoms with E-state index in [-0.39, 0.29) is 11.4 Å². The van der Waals surface area contributed by atoms with Gasteiger partial charge in [0.2, 0.25) is 0 Å². The molecule has 106 valence electrons. The molecule has 2 rings (SSSR count). The third-order valence-corrected chi connectivity index (χ3v) is 2.59. The number of hydrazone groups is 1. The molecule has 0 amide bonds. The van der Waals surface area contributed by atoms with E-state index in [4.69, 9.17) is 0 Å². The summed E-state index contributed by atoms with van der Waals surface area (Å²) in [6.45, 7) is 0. The minimum Gasteiger partial charge on any atom is -0.278 e. The van der Waals surface area contributed by atoms with E-state index in [2.05, 4.69) is 10.5 Å². The van der Waals surface area contributed by atoms with Crippen LogP contribution in [0, 0.1) is 20.2 Å². The van der Waals surface area contributed by atoms with Crippen molar-refractivity contribution in [2.45, 2.75) is 0 Å². The van der Waals surface area contributed by atoms with Crippen molar-refractivity contribution in [1.29, 1.82) is 0 Å². The number of non-ortho nitro benzene ring substituents is 2. The lowest BCUT2D eigenvalue weighted by molar-refractivity contribution is -0.385. The molecule has 2 aromatic carbocycles. The predicted octanol–water partition coefficient (Wildman–Crippen LogP) is 2.95. The Morgan fingerprint density at radius 3 is 1.81 bits per heavy atom. The Bertz CT molecular complexity index is 680. The van der Waals surface area contributed by atoms with Crippen LogP contribution in [0.5, 0.6) is 0 Å². The Labute approximate surface area is 119 Å². The van der Waals surface area contributed by atoms with E-state index in [0.717, 1.165) is 0 Å². The van der Waals surface area contributed by atoms with Crippen LogP contribution in [-0.4, -0.2) is 16.1 Å². The van der Waals surface area contributed by atoms with Crippen LogP contribution in [0.2, 0.25) is 0 Å². The zero-order chi connectivity index (χ0) is 15.2. The van der Waals surface area contributed by atoms with Gasteiger partial charge in [-0.3, -0.25) is 25.7 Å². The van der Waals surface area contributed by atoms with Crippen molar-refractivity contribution in [3.8, 4) is 0 Å². The molecule has 0 aromatic heterocycles. The molecule has 0 aliphatic heterocycles. The topological polar surface area (TPSA) is 111 Å². The normalized spacial score (nSPS) is 10.5. The van der Waals surface area contributed by atoms with Crippen molar-refractivity contribution in [3.05, 3.63) is 74.3 Å². The van der Waals surface area contributed by atoms with E-state index in [1.54, 1.807) is 12.1 Å². The molecule has 0 heterocycles. The van der Waals surface area contributed by atoms with Gasteiger partial charge in [0.1, 0.15) is 0 Å². The van der Waals surface area contributed by atoms with E-state index in [0.29, 0.717) is 11.3 Å². The minimum atomic E-state index is -0.482. The number of hydrogen-bond donors (Lipinski definition) is 1. The van der Waals surface area contributed by atoms with Crippen molar-refractivity contribution in [1.82, 2.24) is 0 Å². The van der Waals surface area contributed by atoms with Gasteiger partial charge >= 0.3 is 0 Å². The highest BCUT2D eigenvalue weighted by Gasteiger charge is 2.03. The van der Waals surface area contributed by atoms with E-state index >= 15 is 0 Å². The summed E-state index contributed by atoms with van der Waals surface area (Å²) in [5.41, 5.74) is 4.01. The number of rotatable bonds is 5. The average Bonchev–Trinajstić information content (AvgIpc) is 2.48. The third-order valence-electron chi connectivity index (χ3n) is 2.59. The number of anilines is 1. The quantitative estimate of drug-likeness (QED) is 0.516. The predicted molar refractivity (Wildman–Crippen MR) is 77.4 cm³/mol. The summed E-state index contributed by atoms with van der Waals surface area (Å²) >= 11 is 0. The van der Waals surface area contributed by atoms with Gasteiger partial charge in [0.05, 0.1) is 21.7 Å². The summed E-state index contributed by atoms with van der Waals surface area (Å²) in [4.78, 5) is 20.0. The molecule has 1 N–H and O–H groups in total. The third kappa shape index (κ3) is 3.83. The summed E-state index contributed by atoms with van der Waals surface area (Å²) in [6.07, 6.45) is 1.49. The van der Waals surface area contributed by atoms with Crippen LogP contribution in [0.25, 0.3) is 0 Å². The molecular weight excluding hydrogens is 276 g/mol. The molecule has 21 heavy (non-hydrogen) atoms. The van der Waals surface area contributed by atoms with Crippen molar-refractivity contribution in [2.75, 3.05) is 5.43 Å². The molecule has 0 aliphatic carbocycles. The largest absolute Gasteiger partial charge is 0.278 e. The Hall–Kier alpha value is -3.29. The molecule has 0 saturated heterocycles. The van der Waals surface area contributed by atoms with Gasteiger partial charge in [-0.2, -0.15) is 5.10 Å². The van der Waals surface area contributed by atoms with Crippen LogP contribution in [-0.2, 0) is 0 Å². The van der Waals surface area contributed by atoms with E-state index in [1.165, 1.54) is 42.6 Å². The van der Waals surface area contributed by atoms with Crippen LogP contribution < -0.4 is 5.43 Å². The van der Waals surface area contributed by atoms with Gasteiger partial charge in [-0.1, -0.05) is 0 Å². The molecule has 0 bridgehead atoms. The standard InChI is InChI=1S/C13H10N4O4/c18-16(19)12-5-1-10(2-6-12)9-14-15-11-3-7-13(8-4-11)17(20)21/h1-9,15H. The van der Waals surface area contributed by atoms with Crippen LogP contribution in [0.3, 0.4) is 0 Å². The number of nitrogens with one attached hydrogen (secondary N) is 1. The van der Waals surface area contributed by atoms with Crippen molar-refractivity contribution >= 4 is 23.3 Å². The molecule has 8 heteroatoms. The molecule has 0 radical (unpaired) electrons. The van der Waals surface area contributed by atoms with Crippen molar-refractivity contribution in [3.63, 3.8) is 0 Å². The summed E-state index contributed by atoms with van der Waals surface area (Å²) in [7, 11) is 0. The highest BCUT2D eigenvalue weighted by atomic mass is 16.6. The van der Waals surface area contributed by atoms with Gasteiger partial charge in [0.25, 0.3) is 11.4 Å². The maximum Gasteiger partial charge on any atom is 0.269 e. The fourth-order valence-corrected chi connectivity index (χ4v) is 1.52. The first-order chi connectivity index (χ1) is 10.1. The van der Waals surface area contributed by atoms with Gasteiger partial charge in [-0.05, 0) is 29.8 Å². The summed E-state index contributed by atoms with van der Waals surface area (Å²) in [6, 6.07) is 11.7. The highest BCUT2D eigenvalue weighted by Crippen LogP contribution is 2.15. The molecule has 0 saturated carbocycles. The number of nitrogens with zero attached hydrogens (tertiary/aromatic N) is 3. The van der Waals surface area contributed by atoms with Crippen molar-refractivity contribution in [2.24, 2.45) is 5.10 Å². The molecule has 0 aliphatic rings. The lowest BCUT2D eigenvalue weighted by Gasteiger charge is -1.99. The fourth-order valence-electron chi connectivity index (χ4n) is 1.52. The summed E-state index contributed by atoms with van der Waals surface area (Å²) in [5, 5.41) is 24.9. The van der Waals surface area contributed by atoms with Gasteiger partial charge in [-0.25, -0.2) is 0 Å². The first kappa shape index (κ1) is 14.1. The van der Waals surface area contributed by atoms with Gasteiger partial charge in [0.15, 0.2) is 0 Å². The first-order valence-corrected chi connectivity index (χ1v) is 5.84. The smallest absolute Gasteiger partial charge is 0.269 e. The van der Waals surface area contributed by atoms with E-state index in [1.807, 2.05) is 0 Å². The number of nitro benzene ring substituents is 2. The van der Waals surface area contributed by atoms with Crippen LogP contribution in [0.1, 0.15) is 5.56 Å². The lowest BCUT2D eigenvalue weighted by atomic mass is 10.2. The SMILES string of the molecule is O=[N+]([O-])c1ccc(C=NNc2ccc([N+](=O)[O-])cc2)cc1. The van der Waals surface area contributed by atoms with Crippen LogP contribution >= 0.6 is 0 Å². The summed E-state index contributed by atoms with van der Waals surface area (Å²) < 4.78 is 0. The molecule has 0 fully saturated rings. The van der Waals surface area contributed by atoms with E-state index in [9.17, 15) is 20.2 Å². The Morgan fingerprint density at radius 2 is 1.33 bits per heavy atom. The van der Waals surface area contributed by atoms with Gasteiger partial charge in [-0.15, -0.1) is 0 Å². The number of benzene rings is 2. The molecule has 2 aromatic rings. The number of hydrogen-bond acceptors (Lipinski definition) is 6. The molecule has 8 nitrogen and oxygen atoms in total. The Kier molecular flexibility index (Phi) is 4.20. The first-order valence-electron chi connectivity index (χ1n) is 5.84. The van der Waals surface area contributed by atoms with Crippen LogP contribution in [0.4, 0.5) is 17.1 Å². The monoisotopic (exact) mass is 286 g/mol. The highest BCUT2D eigenvalue weighted by molar-refractivity contribution is 5.80. The molecule has 0 atom stereocenters. The van der Waals surface area contributed by atoms with E-state index < -0.39 is 9.85 Å². The summed E-state index contributed by atoms with van der Waals surface area (Å²) in [5.74, 6) is 0. The number of nitro groups is 2. The van der Waals surface area contributed by atoms with Crippen molar-refractivity contribution < 1.29 is 9.85 Å². The average molecular weight is 286 g/mol. The molecular formula is C13H10N4O4. The maximum atomic E-state index is 10.5.